The summed E-state index contributed by atoms with van der Waals surface area (Å²) in [6.07, 6.45) is 5.03. The van der Waals surface area contributed by atoms with Gasteiger partial charge in [0.2, 0.25) is 5.91 Å². The van der Waals surface area contributed by atoms with E-state index in [2.05, 4.69) is 10.3 Å². The number of nitrogens with one attached hydrogen (secondary N) is 1. The normalized spacial score (nSPS) is 11.6. The lowest BCUT2D eigenvalue weighted by atomic mass is 9.99. The molecule has 0 atom stereocenters. The summed E-state index contributed by atoms with van der Waals surface area (Å²) in [6.45, 7) is 1.89. The number of hydrogen-bond acceptors (Lipinski definition) is 5. The van der Waals surface area contributed by atoms with Crippen LogP contribution in [0.3, 0.4) is 0 Å². The number of aromatic nitrogens is 1. The number of rotatable bonds is 6. The van der Waals surface area contributed by atoms with Gasteiger partial charge >= 0.3 is 0 Å². The van der Waals surface area contributed by atoms with Crippen LogP contribution in [0.4, 0.5) is 5.69 Å². The lowest BCUT2D eigenvalue weighted by Crippen LogP contribution is -2.09. The maximum Gasteiger partial charge on any atom is 0.248 e. The van der Waals surface area contributed by atoms with Gasteiger partial charge in [0.1, 0.15) is 17.1 Å². The van der Waals surface area contributed by atoms with Gasteiger partial charge in [-0.25, -0.2) is 0 Å². The molecule has 35 heavy (non-hydrogen) atoms. The highest BCUT2D eigenvalue weighted by Gasteiger charge is 2.15. The molecule has 174 valence electrons. The molecule has 6 heteroatoms. The number of carbonyl (C=O) groups is 1. The second-order valence-corrected chi connectivity index (χ2v) is 8.12. The second kappa shape index (κ2) is 9.35. The minimum Gasteiger partial charge on any atom is -0.497 e. The molecule has 1 N–H and O–H groups in total. The number of nitrogens with zero attached hydrogens (tertiary/aromatic N) is 1. The highest BCUT2D eigenvalue weighted by Crippen LogP contribution is 2.38. The standard InChI is InChI=1S/C29H24N2O4/c1-18(13-29(32)31-26-11-5-10-25-21(26)9-6-12-30-25)22-15-23-24(17-35-28(23)16-27(22)34-3)19-7-4-8-20(14-19)33-2/h4-17H,1-3H3,(H,31,32)/b18-13+. The van der Waals surface area contributed by atoms with Gasteiger partial charge in [0, 0.05) is 40.2 Å². The summed E-state index contributed by atoms with van der Waals surface area (Å²) in [4.78, 5) is 17.3. The lowest BCUT2D eigenvalue weighted by molar-refractivity contribution is -0.111. The third-order valence-electron chi connectivity index (χ3n) is 5.95. The number of carbonyl (C=O) groups excluding carboxylic acids is 1. The van der Waals surface area contributed by atoms with E-state index in [1.807, 2.05) is 73.7 Å². The Hall–Kier alpha value is -4.58. The molecule has 5 rings (SSSR count). The molecule has 3 aromatic carbocycles. The molecule has 0 bridgehead atoms. The van der Waals surface area contributed by atoms with Crippen LogP contribution in [-0.4, -0.2) is 25.1 Å². The monoisotopic (exact) mass is 464 g/mol. The number of ether oxygens (including phenoxy) is 2. The van der Waals surface area contributed by atoms with Crippen molar-refractivity contribution in [1.82, 2.24) is 4.98 Å². The molecule has 0 spiro atoms. The topological polar surface area (TPSA) is 73.6 Å². The van der Waals surface area contributed by atoms with E-state index >= 15 is 0 Å². The van der Waals surface area contributed by atoms with Gasteiger partial charge in [-0.05, 0) is 60.5 Å². The number of allylic oxidation sites excluding steroid dienone is 1. The van der Waals surface area contributed by atoms with Crippen molar-refractivity contribution in [1.29, 1.82) is 0 Å². The van der Waals surface area contributed by atoms with Crippen molar-refractivity contribution in [3.8, 4) is 22.6 Å². The molecule has 5 aromatic rings. The van der Waals surface area contributed by atoms with Crippen LogP contribution in [0.15, 0.2) is 89.7 Å². The molecular weight excluding hydrogens is 440 g/mol. The van der Waals surface area contributed by atoms with Crippen molar-refractivity contribution in [2.45, 2.75) is 6.92 Å². The second-order valence-electron chi connectivity index (χ2n) is 8.12. The molecule has 0 aliphatic rings. The van der Waals surface area contributed by atoms with Crippen molar-refractivity contribution in [2.24, 2.45) is 0 Å². The quantitative estimate of drug-likeness (QED) is 0.283. The number of hydrogen-bond donors (Lipinski definition) is 1. The Labute approximate surface area is 202 Å². The number of amides is 1. The van der Waals surface area contributed by atoms with Crippen molar-refractivity contribution in [3.05, 3.63) is 90.8 Å². The van der Waals surface area contributed by atoms with E-state index in [1.165, 1.54) is 0 Å². The number of benzene rings is 3. The molecule has 0 fully saturated rings. The predicted octanol–water partition coefficient (Wildman–Crippen LogP) is 6.71. The van der Waals surface area contributed by atoms with E-state index in [9.17, 15) is 4.79 Å². The van der Waals surface area contributed by atoms with Gasteiger partial charge in [0.25, 0.3) is 0 Å². The third kappa shape index (κ3) is 4.34. The summed E-state index contributed by atoms with van der Waals surface area (Å²) in [6, 6.07) is 21.1. The summed E-state index contributed by atoms with van der Waals surface area (Å²) in [5.74, 6) is 1.16. The fraction of sp³-hybridized carbons (Fsp3) is 0.103. The van der Waals surface area contributed by atoms with Gasteiger partial charge < -0.3 is 19.2 Å². The van der Waals surface area contributed by atoms with E-state index in [0.717, 1.165) is 44.3 Å². The Kier molecular flexibility index (Phi) is 5.94. The number of anilines is 1. The number of pyridine rings is 1. The van der Waals surface area contributed by atoms with Crippen LogP contribution in [-0.2, 0) is 4.79 Å². The van der Waals surface area contributed by atoms with E-state index < -0.39 is 0 Å². The fourth-order valence-electron chi connectivity index (χ4n) is 4.20. The molecule has 6 nitrogen and oxygen atoms in total. The molecule has 0 saturated heterocycles. The van der Waals surface area contributed by atoms with Crippen LogP contribution in [0.5, 0.6) is 11.5 Å². The van der Waals surface area contributed by atoms with Crippen LogP contribution in [0.25, 0.3) is 38.6 Å². The minimum atomic E-state index is -0.235. The SMILES string of the molecule is COc1cccc(-c2coc3cc(OC)c(/C(C)=C/C(=O)Nc4cccc5ncccc45)cc23)c1. The average Bonchev–Trinajstić information content (AvgIpc) is 3.31. The molecule has 1 amide bonds. The van der Waals surface area contributed by atoms with E-state index in [0.29, 0.717) is 17.0 Å². The Morgan fingerprint density at radius 1 is 0.971 bits per heavy atom. The van der Waals surface area contributed by atoms with Crippen molar-refractivity contribution >= 4 is 39.0 Å². The minimum absolute atomic E-state index is 0.235. The summed E-state index contributed by atoms with van der Waals surface area (Å²) in [7, 11) is 3.25. The molecule has 0 aliphatic heterocycles. The lowest BCUT2D eigenvalue weighted by Gasteiger charge is -2.11. The molecule has 0 unspecified atom stereocenters. The van der Waals surface area contributed by atoms with Gasteiger partial charge in [-0.3, -0.25) is 9.78 Å². The molecule has 0 radical (unpaired) electrons. The van der Waals surface area contributed by atoms with E-state index in [1.54, 1.807) is 32.8 Å². The zero-order valence-electron chi connectivity index (χ0n) is 19.7. The summed E-state index contributed by atoms with van der Waals surface area (Å²) < 4.78 is 16.8. The van der Waals surface area contributed by atoms with E-state index in [4.69, 9.17) is 13.9 Å². The maximum atomic E-state index is 12.9. The van der Waals surface area contributed by atoms with Gasteiger partial charge in [0.05, 0.1) is 31.7 Å². The van der Waals surface area contributed by atoms with Gasteiger partial charge in [-0.2, -0.15) is 0 Å². The van der Waals surface area contributed by atoms with Crippen LogP contribution in [0.1, 0.15) is 12.5 Å². The Morgan fingerprint density at radius 2 is 1.83 bits per heavy atom. The maximum absolute atomic E-state index is 12.9. The van der Waals surface area contributed by atoms with Crippen LogP contribution >= 0.6 is 0 Å². The van der Waals surface area contributed by atoms with Crippen LogP contribution < -0.4 is 14.8 Å². The summed E-state index contributed by atoms with van der Waals surface area (Å²) in [5, 5.41) is 4.78. The zero-order valence-corrected chi connectivity index (χ0v) is 19.7. The predicted molar refractivity (Wildman–Crippen MR) is 139 cm³/mol. The Morgan fingerprint density at radius 3 is 2.66 bits per heavy atom. The zero-order chi connectivity index (χ0) is 24.4. The van der Waals surface area contributed by atoms with Crippen molar-refractivity contribution < 1.29 is 18.7 Å². The first-order valence-corrected chi connectivity index (χ1v) is 11.1. The van der Waals surface area contributed by atoms with Gasteiger partial charge in [0.15, 0.2) is 0 Å². The molecular formula is C29H24N2O4. The van der Waals surface area contributed by atoms with Crippen molar-refractivity contribution in [3.63, 3.8) is 0 Å². The van der Waals surface area contributed by atoms with Crippen LogP contribution in [0.2, 0.25) is 0 Å². The number of methoxy groups -OCH3 is 2. The highest BCUT2D eigenvalue weighted by molar-refractivity contribution is 6.09. The Bertz CT molecular complexity index is 1580. The molecule has 2 aromatic heterocycles. The molecule has 2 heterocycles. The average molecular weight is 465 g/mol. The smallest absolute Gasteiger partial charge is 0.248 e. The van der Waals surface area contributed by atoms with Gasteiger partial charge in [-0.1, -0.05) is 18.2 Å². The largest absolute Gasteiger partial charge is 0.497 e. The first kappa shape index (κ1) is 22.2. The fourth-order valence-corrected chi connectivity index (χ4v) is 4.20. The third-order valence-corrected chi connectivity index (χ3v) is 5.95. The van der Waals surface area contributed by atoms with Gasteiger partial charge in [-0.15, -0.1) is 0 Å². The van der Waals surface area contributed by atoms with E-state index in [-0.39, 0.29) is 5.91 Å². The molecule has 0 aliphatic carbocycles. The molecule has 0 saturated carbocycles. The summed E-state index contributed by atoms with van der Waals surface area (Å²) in [5.41, 5.74) is 5.71. The Balaban J connectivity index is 1.51. The first-order chi connectivity index (χ1) is 17.1. The van der Waals surface area contributed by atoms with Crippen LogP contribution in [0, 0.1) is 0 Å². The number of furan rings is 1. The van der Waals surface area contributed by atoms with Crippen molar-refractivity contribution in [2.75, 3.05) is 19.5 Å². The summed E-state index contributed by atoms with van der Waals surface area (Å²) >= 11 is 0. The highest BCUT2D eigenvalue weighted by atomic mass is 16.5. The number of fused-ring (bicyclic) bond motifs is 2. The first-order valence-electron chi connectivity index (χ1n) is 11.1.